The quantitative estimate of drug-likeness (QED) is 0.845. The van der Waals surface area contributed by atoms with E-state index in [1.54, 1.807) is 11.8 Å². The lowest BCUT2D eigenvalue weighted by atomic mass is 10.1. The van der Waals surface area contributed by atoms with Gasteiger partial charge in [-0.1, -0.05) is 24.3 Å². The zero-order chi connectivity index (χ0) is 14.4. The van der Waals surface area contributed by atoms with Crippen molar-refractivity contribution in [3.63, 3.8) is 0 Å². The molecule has 0 aliphatic carbocycles. The summed E-state index contributed by atoms with van der Waals surface area (Å²) in [6, 6.07) is 7.94. The molecule has 0 heterocycles. The minimum atomic E-state index is -0.437. The maximum absolute atomic E-state index is 11.9. The summed E-state index contributed by atoms with van der Waals surface area (Å²) in [5.74, 6) is -0.000122. The third kappa shape index (κ3) is 5.01. The maximum atomic E-state index is 11.9. The van der Waals surface area contributed by atoms with Crippen molar-refractivity contribution in [3.8, 4) is 0 Å². The van der Waals surface area contributed by atoms with Crippen LogP contribution >= 0.6 is 0 Å². The minimum absolute atomic E-state index is 0.000122. The van der Waals surface area contributed by atoms with E-state index in [-0.39, 0.29) is 5.91 Å². The number of carbonyl (C=O) groups excluding carboxylic acids is 1. The van der Waals surface area contributed by atoms with Crippen molar-refractivity contribution in [2.45, 2.75) is 33.0 Å². The molecule has 4 heteroatoms. The van der Waals surface area contributed by atoms with E-state index in [1.165, 1.54) is 5.56 Å². The molecule has 0 aliphatic rings. The first-order chi connectivity index (χ1) is 8.93. The van der Waals surface area contributed by atoms with Crippen LogP contribution in [0.25, 0.3) is 0 Å². The van der Waals surface area contributed by atoms with Crippen molar-refractivity contribution in [2.24, 2.45) is 5.73 Å². The molecule has 0 aliphatic heterocycles. The number of nitrogens with two attached hydrogens (primary N) is 1. The summed E-state index contributed by atoms with van der Waals surface area (Å²) in [7, 11) is 4.10. The Bertz CT molecular complexity index is 398. The summed E-state index contributed by atoms with van der Waals surface area (Å²) in [5, 5.41) is 0. The van der Waals surface area contributed by atoms with Gasteiger partial charge in [0.1, 0.15) is 0 Å². The van der Waals surface area contributed by atoms with Gasteiger partial charge >= 0.3 is 0 Å². The van der Waals surface area contributed by atoms with Crippen LogP contribution in [0.2, 0.25) is 0 Å². The molecule has 1 rings (SSSR count). The van der Waals surface area contributed by atoms with E-state index in [4.69, 9.17) is 5.73 Å². The highest BCUT2D eigenvalue weighted by Crippen LogP contribution is 2.09. The van der Waals surface area contributed by atoms with Gasteiger partial charge in [-0.15, -0.1) is 0 Å². The van der Waals surface area contributed by atoms with Gasteiger partial charge in [0.2, 0.25) is 5.91 Å². The molecule has 1 amide bonds. The normalized spacial score (nSPS) is 12.5. The Morgan fingerprint density at radius 2 is 1.63 bits per heavy atom. The first-order valence-corrected chi connectivity index (χ1v) is 6.71. The Hall–Kier alpha value is -1.39. The largest absolute Gasteiger partial charge is 0.337 e. The van der Waals surface area contributed by atoms with Gasteiger partial charge in [-0.3, -0.25) is 4.79 Å². The van der Waals surface area contributed by atoms with Crippen LogP contribution in [-0.4, -0.2) is 42.4 Å². The smallest absolute Gasteiger partial charge is 0.239 e. The number of likely N-dealkylation sites (N-methyl/N-ethyl adjacent to an activating group) is 1. The fourth-order valence-corrected chi connectivity index (χ4v) is 1.97. The Morgan fingerprint density at radius 1 is 1.16 bits per heavy atom. The fraction of sp³-hybridized carbons (Fsp3) is 0.533. The lowest BCUT2D eigenvalue weighted by Crippen LogP contribution is -2.41. The fourth-order valence-electron chi connectivity index (χ4n) is 1.97. The topological polar surface area (TPSA) is 49.6 Å². The zero-order valence-electron chi connectivity index (χ0n) is 12.4. The average Bonchev–Trinajstić information content (AvgIpc) is 2.36. The van der Waals surface area contributed by atoms with E-state index in [0.717, 1.165) is 12.1 Å². The van der Waals surface area contributed by atoms with Crippen LogP contribution < -0.4 is 5.73 Å². The molecule has 4 nitrogen and oxygen atoms in total. The molecule has 0 saturated carbocycles. The molecular formula is C15H25N3O. The van der Waals surface area contributed by atoms with E-state index in [1.807, 2.05) is 21.0 Å². The number of carbonyl (C=O) groups is 1. The first kappa shape index (κ1) is 15.7. The summed E-state index contributed by atoms with van der Waals surface area (Å²) in [6.45, 7) is 5.93. The predicted octanol–water partition coefficient (Wildman–Crippen LogP) is 1.44. The van der Waals surface area contributed by atoms with Crippen LogP contribution in [0.5, 0.6) is 0 Å². The van der Waals surface area contributed by atoms with Crippen molar-refractivity contribution in [3.05, 3.63) is 35.4 Å². The van der Waals surface area contributed by atoms with Crippen molar-refractivity contribution in [2.75, 3.05) is 20.6 Å². The molecular weight excluding hydrogens is 238 g/mol. The molecule has 0 aromatic heterocycles. The Kier molecular flexibility index (Phi) is 5.99. The monoisotopic (exact) mass is 263 g/mol. The van der Waals surface area contributed by atoms with Crippen molar-refractivity contribution >= 4 is 5.91 Å². The minimum Gasteiger partial charge on any atom is -0.337 e. The van der Waals surface area contributed by atoms with Gasteiger partial charge in [-0.2, -0.15) is 0 Å². The van der Waals surface area contributed by atoms with Crippen molar-refractivity contribution in [1.82, 2.24) is 9.80 Å². The van der Waals surface area contributed by atoms with Gasteiger partial charge in [0.15, 0.2) is 0 Å². The summed E-state index contributed by atoms with van der Waals surface area (Å²) >= 11 is 0. The van der Waals surface area contributed by atoms with Crippen LogP contribution in [0.3, 0.4) is 0 Å². The lowest BCUT2D eigenvalue weighted by Gasteiger charge is -2.23. The van der Waals surface area contributed by atoms with E-state index < -0.39 is 6.04 Å². The first-order valence-electron chi connectivity index (χ1n) is 6.71. The third-order valence-corrected chi connectivity index (χ3v) is 2.98. The number of rotatable bonds is 6. The summed E-state index contributed by atoms with van der Waals surface area (Å²) < 4.78 is 0. The molecule has 0 bridgehead atoms. The maximum Gasteiger partial charge on any atom is 0.239 e. The number of benzene rings is 1. The number of hydrogen-bond donors (Lipinski definition) is 1. The van der Waals surface area contributed by atoms with Crippen LogP contribution in [0.15, 0.2) is 24.3 Å². The Balaban J connectivity index is 2.68. The highest BCUT2D eigenvalue weighted by Gasteiger charge is 2.15. The molecule has 0 saturated heterocycles. The molecule has 106 valence electrons. The molecule has 0 spiro atoms. The van der Waals surface area contributed by atoms with Gasteiger partial charge < -0.3 is 15.5 Å². The van der Waals surface area contributed by atoms with E-state index >= 15 is 0 Å². The highest BCUT2D eigenvalue weighted by molar-refractivity contribution is 5.81. The Morgan fingerprint density at radius 3 is 2.00 bits per heavy atom. The molecule has 1 aromatic rings. The van der Waals surface area contributed by atoms with Crippen LogP contribution in [-0.2, 0) is 17.9 Å². The summed E-state index contributed by atoms with van der Waals surface area (Å²) in [6.07, 6.45) is 0. The second-order valence-electron chi connectivity index (χ2n) is 5.20. The van der Waals surface area contributed by atoms with E-state index in [0.29, 0.717) is 13.1 Å². The standard InChI is InChI=1S/C15H25N3O/c1-5-18(15(19)12(2)16)11-14-8-6-13(7-9-14)10-17(3)4/h6-9,12H,5,10-11,16H2,1-4H3. The summed E-state index contributed by atoms with van der Waals surface area (Å²) in [4.78, 5) is 15.8. The lowest BCUT2D eigenvalue weighted by molar-refractivity contribution is -0.132. The van der Waals surface area contributed by atoms with Crippen LogP contribution in [0, 0.1) is 0 Å². The van der Waals surface area contributed by atoms with Gasteiger partial charge in [-0.05, 0) is 39.1 Å². The molecule has 1 aromatic carbocycles. The van der Waals surface area contributed by atoms with Crippen molar-refractivity contribution < 1.29 is 4.79 Å². The van der Waals surface area contributed by atoms with E-state index in [2.05, 4.69) is 29.2 Å². The number of amides is 1. The van der Waals surface area contributed by atoms with Gasteiger partial charge in [0, 0.05) is 19.6 Å². The van der Waals surface area contributed by atoms with Crippen molar-refractivity contribution in [1.29, 1.82) is 0 Å². The van der Waals surface area contributed by atoms with Crippen LogP contribution in [0.1, 0.15) is 25.0 Å². The molecule has 2 N–H and O–H groups in total. The predicted molar refractivity (Wildman–Crippen MR) is 78.6 cm³/mol. The molecule has 1 atom stereocenters. The second kappa shape index (κ2) is 7.26. The molecule has 0 fully saturated rings. The van der Waals surface area contributed by atoms with Gasteiger partial charge in [-0.25, -0.2) is 0 Å². The van der Waals surface area contributed by atoms with E-state index in [9.17, 15) is 4.79 Å². The number of nitrogens with zero attached hydrogens (tertiary/aromatic N) is 2. The average molecular weight is 263 g/mol. The highest BCUT2D eigenvalue weighted by atomic mass is 16.2. The zero-order valence-corrected chi connectivity index (χ0v) is 12.4. The molecule has 1 unspecified atom stereocenters. The molecule has 19 heavy (non-hydrogen) atoms. The second-order valence-corrected chi connectivity index (χ2v) is 5.20. The third-order valence-electron chi connectivity index (χ3n) is 2.98. The summed E-state index contributed by atoms with van der Waals surface area (Å²) in [5.41, 5.74) is 8.06. The van der Waals surface area contributed by atoms with Gasteiger partial charge in [0.25, 0.3) is 0 Å². The van der Waals surface area contributed by atoms with Gasteiger partial charge in [0.05, 0.1) is 6.04 Å². The number of hydrogen-bond acceptors (Lipinski definition) is 3. The SMILES string of the molecule is CCN(Cc1ccc(CN(C)C)cc1)C(=O)C(C)N. The van der Waals surface area contributed by atoms with Crippen LogP contribution in [0.4, 0.5) is 0 Å². The molecule has 0 radical (unpaired) electrons. The Labute approximate surface area is 116 Å².